The van der Waals surface area contributed by atoms with Crippen LogP contribution in [0, 0.1) is 17.2 Å². The smallest absolute Gasteiger partial charge is 0.210 e. The second-order valence-electron chi connectivity index (χ2n) is 10.1. The van der Waals surface area contributed by atoms with Crippen LogP contribution in [-0.4, -0.2) is 64.0 Å². The maximum atomic E-state index is 11.0. The Balaban J connectivity index is 1.27. The molecule has 3 heterocycles. The SMILES string of the molecule is CCN1CCC(COc2cnc(-c3cccc(CN(C)c4nc5ccc(C#N)cc5n4/C=C\C=O)c3)nc2)CC1. The summed E-state index contributed by atoms with van der Waals surface area (Å²) in [6.07, 6.45) is 9.63. The van der Waals surface area contributed by atoms with Crippen LogP contribution in [0.2, 0.25) is 0 Å². The number of rotatable bonds is 10. The number of benzene rings is 2. The Morgan fingerprint density at radius 1 is 1.15 bits per heavy atom. The fourth-order valence-corrected chi connectivity index (χ4v) is 5.06. The summed E-state index contributed by atoms with van der Waals surface area (Å²) in [7, 11) is 1.94. The van der Waals surface area contributed by atoms with Crippen molar-refractivity contribution in [3.63, 3.8) is 0 Å². The van der Waals surface area contributed by atoms with Gasteiger partial charge in [0.15, 0.2) is 11.6 Å². The summed E-state index contributed by atoms with van der Waals surface area (Å²) < 4.78 is 7.83. The maximum Gasteiger partial charge on any atom is 0.210 e. The van der Waals surface area contributed by atoms with E-state index in [-0.39, 0.29) is 0 Å². The number of nitrogens with zero attached hydrogens (tertiary/aromatic N) is 7. The number of imidazole rings is 1. The van der Waals surface area contributed by atoms with Gasteiger partial charge in [-0.3, -0.25) is 9.36 Å². The molecule has 0 N–H and O–H groups in total. The molecule has 1 aliphatic rings. The lowest BCUT2D eigenvalue weighted by atomic mass is 9.98. The molecule has 1 aliphatic heterocycles. The fourth-order valence-electron chi connectivity index (χ4n) is 5.06. The van der Waals surface area contributed by atoms with Gasteiger partial charge in [0, 0.05) is 25.4 Å². The molecule has 0 atom stereocenters. The van der Waals surface area contributed by atoms with Crippen LogP contribution in [0.4, 0.5) is 5.95 Å². The summed E-state index contributed by atoms with van der Waals surface area (Å²) >= 11 is 0. The zero-order valence-corrected chi connectivity index (χ0v) is 22.9. The van der Waals surface area contributed by atoms with Crippen molar-refractivity contribution in [2.45, 2.75) is 26.3 Å². The van der Waals surface area contributed by atoms with Crippen molar-refractivity contribution in [3.8, 4) is 23.2 Å². The van der Waals surface area contributed by atoms with Crippen molar-refractivity contribution >= 4 is 29.5 Å². The molecule has 2 aromatic heterocycles. The monoisotopic (exact) mass is 535 g/mol. The minimum Gasteiger partial charge on any atom is -0.490 e. The lowest BCUT2D eigenvalue weighted by molar-refractivity contribution is -0.104. The first-order chi connectivity index (χ1) is 19.6. The average Bonchev–Trinajstić information content (AvgIpc) is 3.37. The standard InChI is InChI=1S/C31H33N7O2/c1-3-37-13-10-23(11-14-37)22-40-27-19-33-30(34-20-27)26-7-4-6-25(16-26)21-36(2)31-35-28-9-8-24(18-32)17-29(28)38(31)12-5-15-39/h4-9,12,15-17,19-20,23H,3,10-11,13-14,21-22H2,1-2H3/b12-5-. The molecule has 40 heavy (non-hydrogen) atoms. The van der Waals surface area contributed by atoms with Gasteiger partial charge in [-0.15, -0.1) is 0 Å². The summed E-state index contributed by atoms with van der Waals surface area (Å²) in [5.41, 5.74) is 4.00. The van der Waals surface area contributed by atoms with E-state index in [1.165, 1.54) is 18.9 Å². The molecule has 0 saturated carbocycles. The number of nitriles is 1. The van der Waals surface area contributed by atoms with E-state index in [9.17, 15) is 10.1 Å². The van der Waals surface area contributed by atoms with Crippen LogP contribution in [0.5, 0.6) is 5.75 Å². The first kappa shape index (κ1) is 27.0. The number of hydrogen-bond acceptors (Lipinski definition) is 8. The second-order valence-corrected chi connectivity index (χ2v) is 10.1. The van der Waals surface area contributed by atoms with Crippen molar-refractivity contribution in [2.75, 3.05) is 38.2 Å². The number of ether oxygens (including phenoxy) is 1. The Morgan fingerprint density at radius 3 is 2.67 bits per heavy atom. The van der Waals surface area contributed by atoms with Crippen molar-refractivity contribution in [2.24, 2.45) is 5.92 Å². The van der Waals surface area contributed by atoms with Gasteiger partial charge in [0.2, 0.25) is 5.95 Å². The van der Waals surface area contributed by atoms with Gasteiger partial charge in [-0.1, -0.05) is 25.1 Å². The van der Waals surface area contributed by atoms with Crippen LogP contribution in [0.1, 0.15) is 30.9 Å². The molecular formula is C31H33N7O2. The number of likely N-dealkylation sites (tertiary alicyclic amines) is 1. The highest BCUT2D eigenvalue weighted by molar-refractivity contribution is 5.84. The zero-order chi connectivity index (χ0) is 27.9. The summed E-state index contributed by atoms with van der Waals surface area (Å²) in [4.78, 5) is 29.4. The van der Waals surface area contributed by atoms with Gasteiger partial charge in [0.25, 0.3) is 0 Å². The number of fused-ring (bicyclic) bond motifs is 1. The van der Waals surface area contributed by atoms with Crippen molar-refractivity contribution in [1.82, 2.24) is 24.4 Å². The Bertz CT molecular complexity index is 1530. The molecule has 0 unspecified atom stereocenters. The fraction of sp³-hybridized carbons (Fsp3) is 0.323. The molecule has 5 rings (SSSR count). The average molecular weight is 536 g/mol. The van der Waals surface area contributed by atoms with E-state index < -0.39 is 0 Å². The quantitative estimate of drug-likeness (QED) is 0.211. The van der Waals surface area contributed by atoms with Gasteiger partial charge in [0.05, 0.1) is 41.7 Å². The zero-order valence-electron chi connectivity index (χ0n) is 22.9. The molecule has 0 aliphatic carbocycles. The normalized spacial score (nSPS) is 14.4. The molecule has 2 aromatic carbocycles. The van der Waals surface area contributed by atoms with Crippen LogP contribution < -0.4 is 9.64 Å². The highest BCUT2D eigenvalue weighted by atomic mass is 16.5. The Labute approximate surface area is 234 Å². The first-order valence-electron chi connectivity index (χ1n) is 13.6. The Morgan fingerprint density at radius 2 is 1.95 bits per heavy atom. The third kappa shape index (κ3) is 6.19. The Hall–Kier alpha value is -4.55. The van der Waals surface area contributed by atoms with Crippen LogP contribution in [-0.2, 0) is 11.3 Å². The third-order valence-corrected chi connectivity index (χ3v) is 7.33. The molecule has 0 spiro atoms. The van der Waals surface area contributed by atoms with E-state index in [1.807, 2.05) is 40.8 Å². The molecule has 0 bridgehead atoms. The molecule has 1 fully saturated rings. The third-order valence-electron chi connectivity index (χ3n) is 7.33. The number of anilines is 1. The molecule has 0 amide bonds. The number of carbonyl (C=O) groups is 1. The van der Waals surface area contributed by atoms with Crippen molar-refractivity contribution in [1.29, 1.82) is 5.26 Å². The van der Waals surface area contributed by atoms with Crippen LogP contribution in [0.15, 0.2) is 60.9 Å². The van der Waals surface area contributed by atoms with Crippen LogP contribution >= 0.6 is 0 Å². The maximum absolute atomic E-state index is 11.0. The summed E-state index contributed by atoms with van der Waals surface area (Å²) in [5, 5.41) is 9.32. The number of carbonyl (C=O) groups excluding carboxylic acids is 1. The van der Waals surface area contributed by atoms with Crippen LogP contribution in [0.25, 0.3) is 28.6 Å². The van der Waals surface area contributed by atoms with Gasteiger partial charge < -0.3 is 14.5 Å². The minimum absolute atomic E-state index is 0.531. The highest BCUT2D eigenvalue weighted by Crippen LogP contribution is 2.26. The minimum atomic E-state index is 0.531. The van der Waals surface area contributed by atoms with E-state index in [2.05, 4.69) is 33.9 Å². The lowest BCUT2D eigenvalue weighted by Crippen LogP contribution is -2.35. The number of hydrogen-bond donors (Lipinski definition) is 0. The molecule has 4 aromatic rings. The molecule has 204 valence electrons. The number of aldehydes is 1. The van der Waals surface area contributed by atoms with Crippen molar-refractivity contribution < 1.29 is 9.53 Å². The van der Waals surface area contributed by atoms with Gasteiger partial charge in [-0.05, 0) is 74.3 Å². The topological polar surface area (TPSA) is 100 Å². The molecule has 0 radical (unpaired) electrons. The summed E-state index contributed by atoms with van der Waals surface area (Å²) in [6, 6.07) is 15.6. The summed E-state index contributed by atoms with van der Waals surface area (Å²) in [5.74, 6) is 2.57. The van der Waals surface area contributed by atoms with E-state index in [1.54, 1.807) is 30.7 Å². The predicted octanol–water partition coefficient (Wildman–Crippen LogP) is 4.78. The molecule has 9 nitrogen and oxygen atoms in total. The molecule has 1 saturated heterocycles. The highest BCUT2D eigenvalue weighted by Gasteiger charge is 2.19. The number of aromatic nitrogens is 4. The number of piperidine rings is 1. The van der Waals surface area contributed by atoms with Crippen LogP contribution in [0.3, 0.4) is 0 Å². The van der Waals surface area contributed by atoms with E-state index in [4.69, 9.17) is 9.72 Å². The number of allylic oxidation sites excluding steroid dienone is 1. The largest absolute Gasteiger partial charge is 0.490 e. The lowest BCUT2D eigenvalue weighted by Gasteiger charge is -2.30. The van der Waals surface area contributed by atoms with Crippen molar-refractivity contribution in [3.05, 3.63) is 72.1 Å². The molecular weight excluding hydrogens is 502 g/mol. The van der Waals surface area contributed by atoms with Gasteiger partial charge in [-0.2, -0.15) is 5.26 Å². The molecule has 9 heteroatoms. The summed E-state index contributed by atoms with van der Waals surface area (Å²) in [6.45, 7) is 6.87. The second kappa shape index (κ2) is 12.5. The first-order valence-corrected chi connectivity index (χ1v) is 13.6. The van der Waals surface area contributed by atoms with E-state index in [0.717, 1.165) is 48.1 Å². The van der Waals surface area contributed by atoms with E-state index in [0.29, 0.717) is 42.2 Å². The van der Waals surface area contributed by atoms with Gasteiger partial charge in [-0.25, -0.2) is 15.0 Å². The van der Waals surface area contributed by atoms with E-state index >= 15 is 0 Å². The van der Waals surface area contributed by atoms with Gasteiger partial charge >= 0.3 is 0 Å². The predicted molar refractivity (Wildman–Crippen MR) is 156 cm³/mol. The van der Waals surface area contributed by atoms with Gasteiger partial charge in [0.1, 0.15) is 6.29 Å². The Kier molecular flexibility index (Phi) is 8.47.